The van der Waals surface area contributed by atoms with Crippen LogP contribution in [0, 0.1) is 0 Å². The van der Waals surface area contributed by atoms with Gasteiger partial charge in [-0.25, -0.2) is 13.2 Å². The SMILES string of the molecule is Oc1cc(CF)c(CF)cc1CF. The Morgan fingerprint density at radius 1 is 0.846 bits per heavy atom. The van der Waals surface area contributed by atoms with Crippen LogP contribution in [-0.2, 0) is 20.0 Å². The van der Waals surface area contributed by atoms with E-state index in [9.17, 15) is 13.2 Å². The van der Waals surface area contributed by atoms with Crippen molar-refractivity contribution in [2.45, 2.75) is 20.0 Å². The lowest BCUT2D eigenvalue weighted by atomic mass is 10.1. The number of aromatic hydroxyl groups is 1. The average Bonchev–Trinajstić information content (AvgIpc) is 2.17. The molecule has 0 aliphatic heterocycles. The number of hydrogen-bond acceptors (Lipinski definition) is 1. The Bertz CT molecular complexity index is 299. The fraction of sp³-hybridized carbons (Fsp3) is 0.333. The van der Waals surface area contributed by atoms with Gasteiger partial charge in [0.2, 0.25) is 0 Å². The van der Waals surface area contributed by atoms with Crippen molar-refractivity contribution in [3.63, 3.8) is 0 Å². The van der Waals surface area contributed by atoms with Crippen molar-refractivity contribution in [2.75, 3.05) is 0 Å². The van der Waals surface area contributed by atoms with Gasteiger partial charge in [-0.1, -0.05) is 0 Å². The van der Waals surface area contributed by atoms with Crippen LogP contribution < -0.4 is 0 Å². The molecule has 0 aliphatic carbocycles. The summed E-state index contributed by atoms with van der Waals surface area (Å²) in [7, 11) is 0. The molecule has 13 heavy (non-hydrogen) atoms. The summed E-state index contributed by atoms with van der Waals surface area (Å²) in [5.74, 6) is -0.327. The summed E-state index contributed by atoms with van der Waals surface area (Å²) in [5, 5.41) is 9.11. The average molecular weight is 190 g/mol. The Morgan fingerprint density at radius 3 is 1.77 bits per heavy atom. The summed E-state index contributed by atoms with van der Waals surface area (Å²) < 4.78 is 36.6. The standard InChI is InChI=1S/C9H9F3O/c10-3-6-1-8(5-12)9(13)2-7(6)4-11/h1-2,13H,3-5H2. The molecule has 1 rings (SSSR count). The van der Waals surface area contributed by atoms with Gasteiger partial charge in [-0.15, -0.1) is 0 Å². The first-order valence-corrected chi connectivity index (χ1v) is 3.74. The largest absolute Gasteiger partial charge is 0.508 e. The van der Waals surface area contributed by atoms with Gasteiger partial charge in [-0.05, 0) is 23.3 Å². The molecule has 0 saturated heterocycles. The van der Waals surface area contributed by atoms with Crippen LogP contribution >= 0.6 is 0 Å². The number of rotatable bonds is 3. The lowest BCUT2D eigenvalue weighted by Crippen LogP contribution is -1.92. The van der Waals surface area contributed by atoms with Crippen molar-refractivity contribution >= 4 is 0 Å². The van der Waals surface area contributed by atoms with E-state index < -0.39 is 20.0 Å². The molecule has 0 unspecified atom stereocenters. The predicted molar refractivity (Wildman–Crippen MR) is 42.5 cm³/mol. The number of halogens is 3. The molecule has 0 aromatic heterocycles. The molecule has 1 nitrogen and oxygen atoms in total. The second-order valence-corrected chi connectivity index (χ2v) is 2.65. The van der Waals surface area contributed by atoms with E-state index in [1.165, 1.54) is 0 Å². The maximum atomic E-state index is 12.3. The van der Waals surface area contributed by atoms with Crippen LogP contribution in [0.25, 0.3) is 0 Å². The topological polar surface area (TPSA) is 20.2 Å². The summed E-state index contributed by atoms with van der Waals surface area (Å²) in [6.07, 6.45) is 0. The zero-order chi connectivity index (χ0) is 9.84. The summed E-state index contributed by atoms with van der Waals surface area (Å²) in [4.78, 5) is 0. The van der Waals surface area contributed by atoms with E-state index in [0.717, 1.165) is 12.1 Å². The van der Waals surface area contributed by atoms with Gasteiger partial charge in [-0.2, -0.15) is 0 Å². The van der Waals surface area contributed by atoms with Crippen LogP contribution in [0.5, 0.6) is 5.75 Å². The molecule has 0 fully saturated rings. The number of phenols is 1. The Labute approximate surface area is 73.8 Å². The second-order valence-electron chi connectivity index (χ2n) is 2.65. The van der Waals surface area contributed by atoms with Crippen molar-refractivity contribution in [3.05, 3.63) is 28.8 Å². The van der Waals surface area contributed by atoms with Crippen LogP contribution in [0.1, 0.15) is 16.7 Å². The highest BCUT2D eigenvalue weighted by Gasteiger charge is 2.08. The van der Waals surface area contributed by atoms with Gasteiger partial charge in [0.15, 0.2) is 0 Å². The zero-order valence-electron chi connectivity index (χ0n) is 6.86. The minimum absolute atomic E-state index is 0.00940. The first kappa shape index (κ1) is 9.89. The van der Waals surface area contributed by atoms with Gasteiger partial charge in [0.25, 0.3) is 0 Å². The minimum atomic E-state index is -0.884. The number of hydrogen-bond donors (Lipinski definition) is 1. The van der Waals surface area contributed by atoms with Crippen molar-refractivity contribution in [1.29, 1.82) is 0 Å². The molecule has 0 spiro atoms. The molecule has 0 heterocycles. The van der Waals surface area contributed by atoms with E-state index in [0.29, 0.717) is 0 Å². The van der Waals surface area contributed by atoms with Crippen molar-refractivity contribution < 1.29 is 18.3 Å². The van der Waals surface area contributed by atoms with E-state index in [1.54, 1.807) is 0 Å². The fourth-order valence-corrected chi connectivity index (χ4v) is 1.08. The van der Waals surface area contributed by atoms with Crippen LogP contribution in [0.15, 0.2) is 12.1 Å². The lowest BCUT2D eigenvalue weighted by Gasteiger charge is -2.06. The smallest absolute Gasteiger partial charge is 0.121 e. The van der Waals surface area contributed by atoms with Crippen molar-refractivity contribution in [2.24, 2.45) is 0 Å². The third-order valence-corrected chi connectivity index (χ3v) is 1.83. The Hall–Kier alpha value is -1.19. The zero-order valence-corrected chi connectivity index (χ0v) is 6.86. The first-order valence-electron chi connectivity index (χ1n) is 3.74. The van der Waals surface area contributed by atoms with Gasteiger partial charge in [0, 0.05) is 5.56 Å². The molecule has 1 aromatic carbocycles. The van der Waals surface area contributed by atoms with E-state index in [2.05, 4.69) is 0 Å². The normalized spacial score (nSPS) is 10.4. The van der Waals surface area contributed by atoms with Crippen molar-refractivity contribution in [1.82, 2.24) is 0 Å². The highest BCUT2D eigenvalue weighted by atomic mass is 19.1. The van der Waals surface area contributed by atoms with Crippen LogP contribution in [0.3, 0.4) is 0 Å². The van der Waals surface area contributed by atoms with Gasteiger partial charge in [-0.3, -0.25) is 0 Å². The molecule has 1 aromatic rings. The molecular formula is C9H9F3O. The van der Waals surface area contributed by atoms with E-state index in [-0.39, 0.29) is 22.4 Å². The lowest BCUT2D eigenvalue weighted by molar-refractivity contribution is 0.421. The summed E-state index contributed by atoms with van der Waals surface area (Å²) in [6, 6.07) is 2.20. The number of phenolic OH excluding ortho intramolecular Hbond substituents is 1. The maximum Gasteiger partial charge on any atom is 0.121 e. The highest BCUT2D eigenvalue weighted by Crippen LogP contribution is 2.24. The summed E-state index contributed by atoms with van der Waals surface area (Å²) in [6.45, 7) is -2.60. The molecule has 0 radical (unpaired) electrons. The molecule has 0 saturated carbocycles. The highest BCUT2D eigenvalue weighted by molar-refractivity contribution is 5.41. The molecular weight excluding hydrogens is 181 g/mol. The third-order valence-electron chi connectivity index (χ3n) is 1.83. The van der Waals surface area contributed by atoms with E-state index >= 15 is 0 Å². The molecule has 0 bridgehead atoms. The van der Waals surface area contributed by atoms with Crippen LogP contribution in [-0.4, -0.2) is 5.11 Å². The molecule has 1 N–H and O–H groups in total. The van der Waals surface area contributed by atoms with Gasteiger partial charge < -0.3 is 5.11 Å². The van der Waals surface area contributed by atoms with Gasteiger partial charge in [0.05, 0.1) is 0 Å². The van der Waals surface area contributed by atoms with E-state index in [1.807, 2.05) is 0 Å². The molecule has 4 heteroatoms. The molecule has 0 atom stereocenters. The third kappa shape index (κ3) is 1.94. The number of alkyl halides is 3. The van der Waals surface area contributed by atoms with E-state index in [4.69, 9.17) is 5.11 Å². The monoisotopic (exact) mass is 190 g/mol. The molecule has 0 aliphatic rings. The molecule has 72 valence electrons. The Kier molecular flexibility index (Phi) is 3.17. The number of benzene rings is 1. The van der Waals surface area contributed by atoms with Crippen LogP contribution in [0.4, 0.5) is 13.2 Å². The molecule has 0 amide bonds. The van der Waals surface area contributed by atoms with Crippen LogP contribution in [0.2, 0.25) is 0 Å². The fourth-order valence-electron chi connectivity index (χ4n) is 1.08. The Balaban J connectivity index is 3.18. The minimum Gasteiger partial charge on any atom is -0.508 e. The maximum absolute atomic E-state index is 12.3. The predicted octanol–water partition coefficient (Wildman–Crippen LogP) is 2.80. The second kappa shape index (κ2) is 4.16. The summed E-state index contributed by atoms with van der Waals surface area (Å²) >= 11 is 0. The quantitative estimate of drug-likeness (QED) is 0.776. The van der Waals surface area contributed by atoms with Gasteiger partial charge in [0.1, 0.15) is 25.8 Å². The Morgan fingerprint density at radius 2 is 1.31 bits per heavy atom. The first-order chi connectivity index (χ1) is 6.22. The van der Waals surface area contributed by atoms with Crippen molar-refractivity contribution in [3.8, 4) is 5.75 Å². The van der Waals surface area contributed by atoms with Gasteiger partial charge >= 0.3 is 0 Å². The summed E-state index contributed by atoms with van der Waals surface area (Å²) in [5.41, 5.74) is 0.148.